The molecule has 1 atom stereocenters. The molecule has 0 aliphatic rings. The lowest BCUT2D eigenvalue weighted by Gasteiger charge is -2.17. The molecule has 8 heteroatoms. The Labute approximate surface area is 201 Å². The number of carboxylic acid groups (broad SMARTS) is 1. The second-order valence-electron chi connectivity index (χ2n) is 7.30. The molecule has 0 heterocycles. The quantitative estimate of drug-likeness (QED) is 0.337. The highest BCUT2D eigenvalue weighted by atomic mass is 35.5. The lowest BCUT2D eigenvalue weighted by molar-refractivity contribution is -0.115. The molecule has 1 unspecified atom stereocenters. The van der Waals surface area contributed by atoms with Crippen molar-refractivity contribution < 1.29 is 19.5 Å². The van der Waals surface area contributed by atoms with Crippen molar-refractivity contribution in [2.24, 2.45) is 0 Å². The highest BCUT2D eigenvalue weighted by Gasteiger charge is 2.20. The van der Waals surface area contributed by atoms with Crippen LogP contribution in [-0.4, -0.2) is 28.1 Å². The smallest absolute Gasteiger partial charge is 0.336 e. The van der Waals surface area contributed by atoms with Gasteiger partial charge in [-0.2, -0.15) is 0 Å². The second-order valence-corrected chi connectivity index (χ2v) is 9.01. The van der Waals surface area contributed by atoms with Crippen LogP contribution in [0.2, 0.25) is 5.02 Å². The van der Waals surface area contributed by atoms with Crippen LogP contribution in [-0.2, 0) is 4.79 Å². The van der Waals surface area contributed by atoms with E-state index in [1.54, 1.807) is 42.5 Å². The van der Waals surface area contributed by atoms with E-state index >= 15 is 0 Å². The van der Waals surface area contributed by atoms with Crippen LogP contribution in [0.4, 0.5) is 11.4 Å². The van der Waals surface area contributed by atoms with Crippen LogP contribution in [0.25, 0.3) is 0 Å². The molecular weight excluding hydrogens is 460 g/mol. The molecule has 0 saturated carbocycles. The predicted octanol–water partition coefficient (Wildman–Crippen LogP) is 6.11. The summed E-state index contributed by atoms with van der Waals surface area (Å²) in [6.07, 6.45) is 0.596. The van der Waals surface area contributed by atoms with Crippen LogP contribution in [0.3, 0.4) is 0 Å². The van der Waals surface area contributed by atoms with Crippen LogP contribution < -0.4 is 10.6 Å². The minimum Gasteiger partial charge on any atom is -0.478 e. The van der Waals surface area contributed by atoms with E-state index in [2.05, 4.69) is 10.6 Å². The molecular formula is C25H23ClN2O4S. The number of aromatic carboxylic acids is 1. The SMILES string of the molecule is CCC(Sc1cccc(NC(=O)c2ccccc2C(=O)O)c1)C(=O)Nc1cc(Cl)ccc1C. The normalized spacial score (nSPS) is 11.5. The first-order valence-corrected chi connectivity index (χ1v) is 11.5. The van der Waals surface area contributed by atoms with Crippen molar-refractivity contribution in [1.29, 1.82) is 0 Å². The van der Waals surface area contributed by atoms with Gasteiger partial charge in [0.1, 0.15) is 0 Å². The number of carbonyl (C=O) groups excluding carboxylic acids is 2. The number of hydrogen-bond acceptors (Lipinski definition) is 4. The van der Waals surface area contributed by atoms with Crippen molar-refractivity contribution in [2.45, 2.75) is 30.4 Å². The Balaban J connectivity index is 1.72. The van der Waals surface area contributed by atoms with E-state index in [0.717, 1.165) is 10.5 Å². The molecule has 0 aliphatic carbocycles. The largest absolute Gasteiger partial charge is 0.478 e. The van der Waals surface area contributed by atoms with Crippen LogP contribution in [0, 0.1) is 6.92 Å². The van der Waals surface area contributed by atoms with Gasteiger partial charge >= 0.3 is 5.97 Å². The highest BCUT2D eigenvalue weighted by molar-refractivity contribution is 8.00. The molecule has 6 nitrogen and oxygen atoms in total. The molecule has 3 aromatic rings. The van der Waals surface area contributed by atoms with E-state index in [0.29, 0.717) is 22.8 Å². The number of carbonyl (C=O) groups is 3. The molecule has 2 amide bonds. The van der Waals surface area contributed by atoms with Crippen molar-refractivity contribution in [3.63, 3.8) is 0 Å². The topological polar surface area (TPSA) is 95.5 Å². The maximum Gasteiger partial charge on any atom is 0.336 e. The summed E-state index contributed by atoms with van der Waals surface area (Å²) >= 11 is 7.43. The number of nitrogens with one attached hydrogen (secondary N) is 2. The van der Waals surface area contributed by atoms with Crippen LogP contribution in [0.15, 0.2) is 71.6 Å². The van der Waals surface area contributed by atoms with Crippen molar-refractivity contribution in [3.05, 3.63) is 88.4 Å². The van der Waals surface area contributed by atoms with E-state index in [4.69, 9.17) is 11.6 Å². The third-order valence-corrected chi connectivity index (χ3v) is 6.49. The summed E-state index contributed by atoms with van der Waals surface area (Å²) in [6, 6.07) is 18.5. The molecule has 3 N–H and O–H groups in total. The van der Waals surface area contributed by atoms with Gasteiger partial charge in [0, 0.05) is 21.3 Å². The van der Waals surface area contributed by atoms with Crippen LogP contribution >= 0.6 is 23.4 Å². The second kappa shape index (κ2) is 11.0. The number of carboxylic acids is 1. The average molecular weight is 483 g/mol. The summed E-state index contributed by atoms with van der Waals surface area (Å²) in [5.74, 6) is -1.83. The van der Waals surface area contributed by atoms with Gasteiger partial charge in [0.25, 0.3) is 5.91 Å². The van der Waals surface area contributed by atoms with E-state index in [9.17, 15) is 19.5 Å². The Morgan fingerprint density at radius 2 is 1.70 bits per heavy atom. The molecule has 170 valence electrons. The molecule has 0 aromatic heterocycles. The molecule has 0 spiro atoms. The lowest BCUT2D eigenvalue weighted by Crippen LogP contribution is -2.25. The summed E-state index contributed by atoms with van der Waals surface area (Å²) in [5.41, 5.74) is 2.10. The van der Waals surface area contributed by atoms with Gasteiger partial charge < -0.3 is 15.7 Å². The van der Waals surface area contributed by atoms with Crippen molar-refractivity contribution in [1.82, 2.24) is 0 Å². The number of hydrogen-bond donors (Lipinski definition) is 3. The predicted molar refractivity (Wildman–Crippen MR) is 133 cm³/mol. The fourth-order valence-corrected chi connectivity index (χ4v) is 4.33. The minimum atomic E-state index is -1.17. The number of rotatable bonds is 8. The van der Waals surface area contributed by atoms with Crippen molar-refractivity contribution in [3.8, 4) is 0 Å². The number of aryl methyl sites for hydroxylation is 1. The first kappa shape index (κ1) is 24.4. The highest BCUT2D eigenvalue weighted by Crippen LogP contribution is 2.29. The molecule has 3 aromatic carbocycles. The summed E-state index contributed by atoms with van der Waals surface area (Å²) in [5, 5.41) is 15.2. The van der Waals surface area contributed by atoms with Gasteiger partial charge in [-0.3, -0.25) is 9.59 Å². The Bertz CT molecular complexity index is 1200. The molecule has 0 fully saturated rings. The molecule has 33 heavy (non-hydrogen) atoms. The maximum atomic E-state index is 12.9. The number of thioether (sulfide) groups is 1. The van der Waals surface area contributed by atoms with Crippen molar-refractivity contribution >= 4 is 52.5 Å². The van der Waals surface area contributed by atoms with Crippen LogP contribution in [0.5, 0.6) is 0 Å². The molecule has 3 rings (SSSR count). The zero-order valence-electron chi connectivity index (χ0n) is 18.1. The van der Waals surface area contributed by atoms with Crippen LogP contribution in [0.1, 0.15) is 39.6 Å². The lowest BCUT2D eigenvalue weighted by atomic mass is 10.1. The Morgan fingerprint density at radius 3 is 2.39 bits per heavy atom. The van der Waals surface area contributed by atoms with Gasteiger partial charge in [-0.1, -0.05) is 42.8 Å². The summed E-state index contributed by atoms with van der Waals surface area (Å²) in [6.45, 7) is 3.82. The average Bonchev–Trinajstić information content (AvgIpc) is 2.80. The van der Waals surface area contributed by atoms with Gasteiger partial charge in [0.05, 0.1) is 16.4 Å². The van der Waals surface area contributed by atoms with Gasteiger partial charge in [-0.15, -0.1) is 11.8 Å². The zero-order chi connectivity index (χ0) is 24.0. The van der Waals surface area contributed by atoms with E-state index in [1.807, 2.05) is 26.0 Å². The van der Waals surface area contributed by atoms with E-state index in [1.165, 1.54) is 23.9 Å². The molecule has 0 radical (unpaired) electrons. The van der Waals surface area contributed by atoms with Gasteiger partial charge in [0.2, 0.25) is 5.91 Å². The van der Waals surface area contributed by atoms with E-state index < -0.39 is 11.9 Å². The first-order chi connectivity index (χ1) is 15.8. The number of amides is 2. The van der Waals surface area contributed by atoms with Crippen molar-refractivity contribution in [2.75, 3.05) is 10.6 Å². The minimum absolute atomic E-state index is 0.0699. The zero-order valence-corrected chi connectivity index (χ0v) is 19.7. The summed E-state index contributed by atoms with van der Waals surface area (Å²) in [7, 11) is 0. The maximum absolute atomic E-state index is 12.9. The summed E-state index contributed by atoms with van der Waals surface area (Å²) in [4.78, 5) is 37.7. The fourth-order valence-electron chi connectivity index (χ4n) is 3.14. The summed E-state index contributed by atoms with van der Waals surface area (Å²) < 4.78 is 0. The monoisotopic (exact) mass is 482 g/mol. The molecule has 0 bridgehead atoms. The fraction of sp³-hybridized carbons (Fsp3) is 0.160. The Hall–Kier alpha value is -3.29. The first-order valence-electron chi connectivity index (χ1n) is 10.3. The van der Waals surface area contributed by atoms with E-state index in [-0.39, 0.29) is 22.3 Å². The molecule has 0 saturated heterocycles. The Morgan fingerprint density at radius 1 is 0.970 bits per heavy atom. The Kier molecular flexibility index (Phi) is 8.14. The number of halogens is 1. The van der Waals surface area contributed by atoms with Gasteiger partial charge in [0.15, 0.2) is 0 Å². The number of anilines is 2. The van der Waals surface area contributed by atoms with Gasteiger partial charge in [-0.05, 0) is 61.4 Å². The standard InChI is InChI=1S/C25H23ClN2O4S/c1-3-22(24(30)28-21-13-16(26)12-11-15(21)2)33-18-8-6-7-17(14-18)27-23(29)19-9-4-5-10-20(19)25(31)32/h4-14,22H,3H2,1-2H3,(H,27,29)(H,28,30)(H,31,32). The van der Waals surface area contributed by atoms with Gasteiger partial charge in [-0.25, -0.2) is 4.79 Å². The molecule has 0 aliphatic heterocycles. The number of benzene rings is 3. The third-order valence-electron chi connectivity index (χ3n) is 4.89. The third kappa shape index (κ3) is 6.37.